The van der Waals surface area contributed by atoms with Crippen LogP contribution in [0.2, 0.25) is 0 Å². The Bertz CT molecular complexity index is 582. The molecule has 0 radical (unpaired) electrons. The zero-order valence-corrected chi connectivity index (χ0v) is 12.7. The molecule has 0 saturated carbocycles. The lowest BCUT2D eigenvalue weighted by atomic mass is 10.1. The molecule has 1 atom stereocenters. The van der Waals surface area contributed by atoms with Crippen molar-refractivity contribution in [1.82, 2.24) is 15.1 Å². The first-order valence-electron chi connectivity index (χ1n) is 7.04. The van der Waals surface area contributed by atoms with E-state index in [0.29, 0.717) is 6.04 Å². The molecule has 0 fully saturated rings. The van der Waals surface area contributed by atoms with Gasteiger partial charge in [-0.25, -0.2) is 0 Å². The average molecular weight is 269 g/mol. The minimum Gasteiger partial charge on any atom is -0.307 e. The Morgan fingerprint density at radius 3 is 2.55 bits per heavy atom. The normalized spacial score (nSPS) is 13.0. The predicted octanol–water partition coefficient (Wildman–Crippen LogP) is 3.40. The van der Waals surface area contributed by atoms with Gasteiger partial charge in [0.05, 0.1) is 5.69 Å². The zero-order chi connectivity index (χ0) is 14.5. The standard InChI is InChI=1S/C17H23N3/c1-13(17-14(2)19-20(4)15(17)3)18-12-8-11-16-9-6-5-7-10-16/h5-11,13,18H,12H2,1-4H3/b11-8+/t13-/m0/s1. The largest absolute Gasteiger partial charge is 0.307 e. The van der Waals surface area contributed by atoms with Gasteiger partial charge >= 0.3 is 0 Å². The van der Waals surface area contributed by atoms with Gasteiger partial charge in [0.2, 0.25) is 0 Å². The molecule has 0 aliphatic carbocycles. The van der Waals surface area contributed by atoms with E-state index in [1.54, 1.807) is 0 Å². The minimum atomic E-state index is 0.309. The van der Waals surface area contributed by atoms with Crippen LogP contribution in [0.25, 0.3) is 6.08 Å². The number of aryl methyl sites for hydroxylation is 2. The van der Waals surface area contributed by atoms with Crippen molar-refractivity contribution in [2.24, 2.45) is 7.05 Å². The van der Waals surface area contributed by atoms with Crippen molar-refractivity contribution >= 4 is 6.08 Å². The van der Waals surface area contributed by atoms with E-state index in [4.69, 9.17) is 0 Å². The third-order valence-electron chi connectivity index (χ3n) is 3.65. The molecule has 3 heteroatoms. The molecule has 1 heterocycles. The van der Waals surface area contributed by atoms with Crippen molar-refractivity contribution in [3.8, 4) is 0 Å². The first-order chi connectivity index (χ1) is 9.59. The quantitative estimate of drug-likeness (QED) is 0.901. The van der Waals surface area contributed by atoms with Gasteiger partial charge in [-0.15, -0.1) is 0 Å². The fourth-order valence-corrected chi connectivity index (χ4v) is 2.52. The van der Waals surface area contributed by atoms with E-state index >= 15 is 0 Å². The Balaban J connectivity index is 1.92. The van der Waals surface area contributed by atoms with Gasteiger partial charge in [0.15, 0.2) is 0 Å². The van der Waals surface area contributed by atoms with E-state index in [1.807, 2.05) is 17.8 Å². The number of aromatic nitrogens is 2. The number of nitrogens with one attached hydrogen (secondary N) is 1. The van der Waals surface area contributed by atoms with Gasteiger partial charge in [0.1, 0.15) is 0 Å². The summed E-state index contributed by atoms with van der Waals surface area (Å²) in [6.45, 7) is 7.23. The van der Waals surface area contributed by atoms with Crippen LogP contribution in [-0.4, -0.2) is 16.3 Å². The van der Waals surface area contributed by atoms with Crippen LogP contribution in [0.1, 0.15) is 35.5 Å². The first-order valence-corrected chi connectivity index (χ1v) is 7.04. The van der Waals surface area contributed by atoms with Crippen LogP contribution in [0.3, 0.4) is 0 Å². The highest BCUT2D eigenvalue weighted by molar-refractivity contribution is 5.48. The van der Waals surface area contributed by atoms with E-state index < -0.39 is 0 Å². The number of hydrogen-bond acceptors (Lipinski definition) is 2. The Morgan fingerprint density at radius 1 is 1.25 bits per heavy atom. The first kappa shape index (κ1) is 14.5. The molecule has 1 N–H and O–H groups in total. The molecule has 2 aromatic rings. The lowest BCUT2D eigenvalue weighted by Gasteiger charge is -2.13. The summed E-state index contributed by atoms with van der Waals surface area (Å²) in [6, 6.07) is 10.7. The fraction of sp³-hybridized carbons (Fsp3) is 0.353. The Morgan fingerprint density at radius 2 is 1.95 bits per heavy atom. The van der Waals surface area contributed by atoms with Crippen LogP contribution >= 0.6 is 0 Å². The summed E-state index contributed by atoms with van der Waals surface area (Å²) < 4.78 is 1.95. The molecule has 1 aromatic heterocycles. The SMILES string of the molecule is Cc1nn(C)c(C)c1[C@H](C)NC/C=C/c1ccccc1. The third kappa shape index (κ3) is 3.36. The molecule has 0 spiro atoms. The summed E-state index contributed by atoms with van der Waals surface area (Å²) in [7, 11) is 1.99. The van der Waals surface area contributed by atoms with Crippen LogP contribution in [0.15, 0.2) is 36.4 Å². The Kier molecular flexibility index (Phi) is 4.74. The van der Waals surface area contributed by atoms with Crippen LogP contribution < -0.4 is 5.32 Å². The second-order valence-corrected chi connectivity index (χ2v) is 5.15. The number of hydrogen-bond donors (Lipinski definition) is 1. The summed E-state index contributed by atoms with van der Waals surface area (Å²) in [6.07, 6.45) is 4.30. The van der Waals surface area contributed by atoms with Crippen molar-refractivity contribution < 1.29 is 0 Å². The molecule has 1 aromatic carbocycles. The van der Waals surface area contributed by atoms with Crippen LogP contribution in [0, 0.1) is 13.8 Å². The lowest BCUT2D eigenvalue weighted by Crippen LogP contribution is -2.19. The highest BCUT2D eigenvalue weighted by Gasteiger charge is 2.14. The molecule has 2 rings (SSSR count). The second-order valence-electron chi connectivity index (χ2n) is 5.15. The third-order valence-corrected chi connectivity index (χ3v) is 3.65. The second kappa shape index (κ2) is 6.53. The molecule has 0 aliphatic heterocycles. The van der Waals surface area contributed by atoms with Crippen LogP contribution in [0.5, 0.6) is 0 Å². The van der Waals surface area contributed by atoms with E-state index in [-0.39, 0.29) is 0 Å². The predicted molar refractivity (Wildman–Crippen MR) is 84.6 cm³/mol. The van der Waals surface area contributed by atoms with Crippen LogP contribution in [0.4, 0.5) is 0 Å². The van der Waals surface area contributed by atoms with E-state index in [2.05, 4.69) is 67.6 Å². The molecule has 0 unspecified atom stereocenters. The Labute approximate surface area is 121 Å². The summed E-state index contributed by atoms with van der Waals surface area (Å²) in [4.78, 5) is 0. The van der Waals surface area contributed by atoms with Gasteiger partial charge in [-0.1, -0.05) is 42.5 Å². The number of benzene rings is 1. The molecule has 0 bridgehead atoms. The van der Waals surface area contributed by atoms with Gasteiger partial charge in [-0.3, -0.25) is 4.68 Å². The molecular weight excluding hydrogens is 246 g/mol. The molecule has 0 aliphatic rings. The van der Waals surface area contributed by atoms with E-state index in [0.717, 1.165) is 12.2 Å². The lowest BCUT2D eigenvalue weighted by molar-refractivity contribution is 0.610. The van der Waals surface area contributed by atoms with Crippen molar-refractivity contribution in [3.05, 3.63) is 58.9 Å². The maximum atomic E-state index is 4.47. The zero-order valence-electron chi connectivity index (χ0n) is 12.7. The van der Waals surface area contributed by atoms with Crippen LogP contribution in [-0.2, 0) is 7.05 Å². The van der Waals surface area contributed by atoms with Gasteiger partial charge in [-0.2, -0.15) is 5.10 Å². The Hall–Kier alpha value is -1.87. The average Bonchev–Trinajstić information content (AvgIpc) is 2.69. The van der Waals surface area contributed by atoms with E-state index in [1.165, 1.54) is 16.8 Å². The monoisotopic (exact) mass is 269 g/mol. The topological polar surface area (TPSA) is 29.9 Å². The number of rotatable bonds is 5. The smallest absolute Gasteiger partial charge is 0.0644 e. The summed E-state index contributed by atoms with van der Waals surface area (Å²) in [5.74, 6) is 0. The maximum absolute atomic E-state index is 4.47. The molecular formula is C17H23N3. The van der Waals surface area contributed by atoms with Gasteiger partial charge < -0.3 is 5.32 Å². The highest BCUT2D eigenvalue weighted by Crippen LogP contribution is 2.20. The van der Waals surface area contributed by atoms with Gasteiger partial charge in [-0.05, 0) is 26.3 Å². The molecule has 0 saturated heterocycles. The summed E-state index contributed by atoms with van der Waals surface area (Å²) >= 11 is 0. The molecule has 106 valence electrons. The van der Waals surface area contributed by atoms with Crippen molar-refractivity contribution in [2.45, 2.75) is 26.8 Å². The highest BCUT2D eigenvalue weighted by atomic mass is 15.3. The summed E-state index contributed by atoms with van der Waals surface area (Å²) in [5.41, 5.74) is 4.88. The minimum absolute atomic E-state index is 0.309. The molecule has 3 nitrogen and oxygen atoms in total. The van der Waals surface area contributed by atoms with Gasteiger partial charge in [0.25, 0.3) is 0 Å². The van der Waals surface area contributed by atoms with Crippen molar-refractivity contribution in [2.75, 3.05) is 6.54 Å². The van der Waals surface area contributed by atoms with Gasteiger partial charge in [0, 0.05) is 30.9 Å². The molecule has 0 amide bonds. The van der Waals surface area contributed by atoms with Crippen molar-refractivity contribution in [3.63, 3.8) is 0 Å². The van der Waals surface area contributed by atoms with Crippen molar-refractivity contribution in [1.29, 1.82) is 0 Å². The number of nitrogens with zero attached hydrogens (tertiary/aromatic N) is 2. The fourth-order valence-electron chi connectivity index (χ4n) is 2.52. The van der Waals surface area contributed by atoms with E-state index in [9.17, 15) is 0 Å². The summed E-state index contributed by atoms with van der Waals surface area (Å²) in [5, 5.41) is 7.99. The molecule has 20 heavy (non-hydrogen) atoms. The maximum Gasteiger partial charge on any atom is 0.0644 e.